The Balaban J connectivity index is 1.88. The SMILES string of the molecule is CCCCCCCN1CC[C@@H](N)C1. The number of likely N-dealkylation sites (tertiary alicyclic amines) is 1. The second-order valence-corrected chi connectivity index (χ2v) is 4.26. The van der Waals surface area contributed by atoms with Crippen molar-refractivity contribution in [2.45, 2.75) is 51.5 Å². The van der Waals surface area contributed by atoms with Gasteiger partial charge in [-0.2, -0.15) is 0 Å². The van der Waals surface area contributed by atoms with Crippen LogP contribution in [0.15, 0.2) is 0 Å². The molecule has 1 atom stereocenters. The van der Waals surface area contributed by atoms with Crippen LogP contribution < -0.4 is 5.73 Å². The fraction of sp³-hybridized carbons (Fsp3) is 1.00. The molecular weight excluding hydrogens is 160 g/mol. The third-order valence-corrected chi connectivity index (χ3v) is 2.89. The molecule has 2 heteroatoms. The van der Waals surface area contributed by atoms with Gasteiger partial charge < -0.3 is 10.6 Å². The van der Waals surface area contributed by atoms with Crippen molar-refractivity contribution in [3.63, 3.8) is 0 Å². The Morgan fingerprint density at radius 3 is 2.62 bits per heavy atom. The summed E-state index contributed by atoms with van der Waals surface area (Å²) in [6.45, 7) is 5.90. The quantitative estimate of drug-likeness (QED) is 0.640. The molecule has 0 aromatic carbocycles. The summed E-state index contributed by atoms with van der Waals surface area (Å²) < 4.78 is 0. The number of nitrogens with two attached hydrogens (primary N) is 1. The molecule has 0 saturated carbocycles. The summed E-state index contributed by atoms with van der Waals surface area (Å²) in [5.41, 5.74) is 5.84. The Kier molecular flexibility index (Phi) is 5.40. The molecule has 0 unspecified atom stereocenters. The molecule has 0 aromatic heterocycles. The second-order valence-electron chi connectivity index (χ2n) is 4.26. The Bertz CT molecular complexity index is 125. The predicted molar refractivity (Wildman–Crippen MR) is 57.8 cm³/mol. The van der Waals surface area contributed by atoms with Crippen molar-refractivity contribution in [2.24, 2.45) is 5.73 Å². The molecule has 1 rings (SSSR count). The molecule has 0 spiro atoms. The standard InChI is InChI=1S/C11H24N2/c1-2-3-4-5-6-8-13-9-7-11(12)10-13/h11H,2-10,12H2,1H3/t11-/m1/s1. The summed E-state index contributed by atoms with van der Waals surface area (Å²) in [6.07, 6.45) is 8.13. The van der Waals surface area contributed by atoms with E-state index < -0.39 is 0 Å². The van der Waals surface area contributed by atoms with Gasteiger partial charge in [0.1, 0.15) is 0 Å². The first kappa shape index (κ1) is 11.0. The molecule has 13 heavy (non-hydrogen) atoms. The molecule has 1 fully saturated rings. The van der Waals surface area contributed by atoms with Crippen LogP contribution in [0.3, 0.4) is 0 Å². The maximum atomic E-state index is 5.84. The largest absolute Gasteiger partial charge is 0.326 e. The predicted octanol–water partition coefficient (Wildman–Crippen LogP) is 1.99. The zero-order chi connectivity index (χ0) is 9.52. The van der Waals surface area contributed by atoms with E-state index in [0.717, 1.165) is 6.54 Å². The molecule has 0 aliphatic carbocycles. The summed E-state index contributed by atoms with van der Waals surface area (Å²) >= 11 is 0. The van der Waals surface area contributed by atoms with Crippen LogP contribution in [0.5, 0.6) is 0 Å². The Morgan fingerprint density at radius 2 is 2.00 bits per heavy atom. The van der Waals surface area contributed by atoms with Gasteiger partial charge in [0.2, 0.25) is 0 Å². The van der Waals surface area contributed by atoms with Crippen LogP contribution in [0, 0.1) is 0 Å². The van der Waals surface area contributed by atoms with Gasteiger partial charge in [0.25, 0.3) is 0 Å². The maximum absolute atomic E-state index is 5.84. The molecule has 1 aliphatic rings. The lowest BCUT2D eigenvalue weighted by Crippen LogP contribution is -2.27. The molecule has 0 bridgehead atoms. The van der Waals surface area contributed by atoms with Crippen molar-refractivity contribution in [1.82, 2.24) is 4.90 Å². The molecule has 0 aromatic rings. The lowest BCUT2D eigenvalue weighted by Gasteiger charge is -2.14. The fourth-order valence-corrected chi connectivity index (χ4v) is 2.00. The molecule has 0 amide bonds. The highest BCUT2D eigenvalue weighted by Gasteiger charge is 2.17. The first-order chi connectivity index (χ1) is 6.33. The van der Waals surface area contributed by atoms with E-state index in [2.05, 4.69) is 11.8 Å². The van der Waals surface area contributed by atoms with Crippen LogP contribution >= 0.6 is 0 Å². The molecule has 1 heterocycles. The van der Waals surface area contributed by atoms with Gasteiger partial charge >= 0.3 is 0 Å². The minimum absolute atomic E-state index is 0.454. The average molecular weight is 184 g/mol. The van der Waals surface area contributed by atoms with Crippen LogP contribution in [0.25, 0.3) is 0 Å². The van der Waals surface area contributed by atoms with Gasteiger partial charge in [-0.05, 0) is 25.9 Å². The van der Waals surface area contributed by atoms with Gasteiger partial charge in [-0.3, -0.25) is 0 Å². The number of hydrogen-bond acceptors (Lipinski definition) is 2. The van der Waals surface area contributed by atoms with Crippen molar-refractivity contribution in [3.05, 3.63) is 0 Å². The van der Waals surface area contributed by atoms with E-state index in [0.29, 0.717) is 6.04 Å². The van der Waals surface area contributed by atoms with Crippen LogP contribution in [0.1, 0.15) is 45.4 Å². The van der Waals surface area contributed by atoms with Crippen LogP contribution in [-0.2, 0) is 0 Å². The highest BCUT2D eigenvalue weighted by molar-refractivity contribution is 4.77. The summed E-state index contributed by atoms with van der Waals surface area (Å²) in [6, 6.07) is 0.454. The molecule has 0 radical (unpaired) electrons. The van der Waals surface area contributed by atoms with Crippen molar-refractivity contribution in [2.75, 3.05) is 19.6 Å². The van der Waals surface area contributed by atoms with E-state index in [1.807, 2.05) is 0 Å². The molecule has 2 nitrogen and oxygen atoms in total. The van der Waals surface area contributed by atoms with E-state index in [-0.39, 0.29) is 0 Å². The highest BCUT2D eigenvalue weighted by Crippen LogP contribution is 2.09. The van der Waals surface area contributed by atoms with Gasteiger partial charge in [0, 0.05) is 12.6 Å². The summed E-state index contributed by atoms with van der Waals surface area (Å²) in [7, 11) is 0. The van der Waals surface area contributed by atoms with E-state index in [1.165, 1.54) is 51.6 Å². The number of unbranched alkanes of at least 4 members (excludes halogenated alkanes) is 4. The molecule has 1 aliphatic heterocycles. The second kappa shape index (κ2) is 6.39. The Morgan fingerprint density at radius 1 is 1.23 bits per heavy atom. The van der Waals surface area contributed by atoms with Crippen molar-refractivity contribution in [3.8, 4) is 0 Å². The fourth-order valence-electron chi connectivity index (χ4n) is 2.00. The van der Waals surface area contributed by atoms with Gasteiger partial charge in [-0.1, -0.05) is 32.6 Å². The smallest absolute Gasteiger partial charge is 0.0180 e. The van der Waals surface area contributed by atoms with Gasteiger partial charge in [-0.15, -0.1) is 0 Å². The lowest BCUT2D eigenvalue weighted by atomic mass is 10.1. The summed E-state index contributed by atoms with van der Waals surface area (Å²) in [5.74, 6) is 0. The topological polar surface area (TPSA) is 29.3 Å². The number of hydrogen-bond donors (Lipinski definition) is 1. The first-order valence-corrected chi connectivity index (χ1v) is 5.81. The minimum Gasteiger partial charge on any atom is -0.326 e. The van der Waals surface area contributed by atoms with Gasteiger partial charge in [-0.25, -0.2) is 0 Å². The number of nitrogens with zero attached hydrogens (tertiary/aromatic N) is 1. The highest BCUT2D eigenvalue weighted by atomic mass is 15.2. The lowest BCUT2D eigenvalue weighted by molar-refractivity contribution is 0.324. The Hall–Kier alpha value is -0.0800. The van der Waals surface area contributed by atoms with Crippen molar-refractivity contribution < 1.29 is 0 Å². The van der Waals surface area contributed by atoms with Gasteiger partial charge in [0.05, 0.1) is 0 Å². The molecular formula is C11H24N2. The van der Waals surface area contributed by atoms with Crippen LogP contribution in [0.4, 0.5) is 0 Å². The minimum atomic E-state index is 0.454. The maximum Gasteiger partial charge on any atom is 0.0180 e. The van der Waals surface area contributed by atoms with Crippen LogP contribution in [0.2, 0.25) is 0 Å². The monoisotopic (exact) mass is 184 g/mol. The van der Waals surface area contributed by atoms with E-state index in [4.69, 9.17) is 5.73 Å². The third-order valence-electron chi connectivity index (χ3n) is 2.89. The molecule has 78 valence electrons. The third kappa shape index (κ3) is 4.63. The first-order valence-electron chi connectivity index (χ1n) is 5.81. The van der Waals surface area contributed by atoms with Crippen molar-refractivity contribution >= 4 is 0 Å². The van der Waals surface area contributed by atoms with E-state index in [9.17, 15) is 0 Å². The van der Waals surface area contributed by atoms with Crippen LogP contribution in [-0.4, -0.2) is 30.6 Å². The summed E-state index contributed by atoms with van der Waals surface area (Å²) in [5, 5.41) is 0. The summed E-state index contributed by atoms with van der Waals surface area (Å²) in [4.78, 5) is 2.51. The number of rotatable bonds is 6. The zero-order valence-electron chi connectivity index (χ0n) is 8.97. The van der Waals surface area contributed by atoms with E-state index in [1.54, 1.807) is 0 Å². The van der Waals surface area contributed by atoms with E-state index >= 15 is 0 Å². The average Bonchev–Trinajstić information content (AvgIpc) is 2.51. The Labute approximate surface area is 82.5 Å². The van der Waals surface area contributed by atoms with Gasteiger partial charge in [0.15, 0.2) is 0 Å². The normalized spacial score (nSPS) is 24.0. The zero-order valence-corrected chi connectivity index (χ0v) is 8.97. The van der Waals surface area contributed by atoms with Crippen molar-refractivity contribution in [1.29, 1.82) is 0 Å². The molecule has 2 N–H and O–H groups in total. The molecule has 1 saturated heterocycles.